The van der Waals surface area contributed by atoms with Gasteiger partial charge in [0.05, 0.1) is 5.75 Å². The first-order valence-electron chi connectivity index (χ1n) is 4.58. The molecule has 0 aromatic carbocycles. The summed E-state index contributed by atoms with van der Waals surface area (Å²) in [5, 5.41) is 3.38. The fraction of sp³-hybridized carbons (Fsp3) is 0.444. The number of nitrogens with one attached hydrogen (secondary N) is 1. The van der Waals surface area contributed by atoms with Crippen LogP contribution in [0.1, 0.15) is 13.8 Å². The number of carbonyl (C=O) groups excluding carboxylic acids is 1. The van der Waals surface area contributed by atoms with E-state index in [4.69, 9.17) is 5.73 Å². The van der Waals surface area contributed by atoms with Crippen molar-refractivity contribution in [3.63, 3.8) is 0 Å². The summed E-state index contributed by atoms with van der Waals surface area (Å²) in [7, 11) is 0. The molecule has 1 aromatic rings. The Kier molecular flexibility index (Phi) is 4.36. The Balaban J connectivity index is 2.44. The van der Waals surface area contributed by atoms with E-state index >= 15 is 0 Å². The van der Waals surface area contributed by atoms with Crippen molar-refractivity contribution in [3.05, 3.63) is 12.4 Å². The van der Waals surface area contributed by atoms with E-state index in [2.05, 4.69) is 15.3 Å². The van der Waals surface area contributed by atoms with Crippen LogP contribution in [0.3, 0.4) is 0 Å². The van der Waals surface area contributed by atoms with Crippen LogP contribution in [0.5, 0.6) is 0 Å². The monoisotopic (exact) mass is 226 g/mol. The maximum atomic E-state index is 11.3. The van der Waals surface area contributed by atoms with Crippen LogP contribution in [0.4, 0.5) is 5.82 Å². The predicted octanol–water partition coefficient (Wildman–Crippen LogP) is 0.675. The molecule has 15 heavy (non-hydrogen) atoms. The first-order valence-corrected chi connectivity index (χ1v) is 5.57. The zero-order valence-electron chi connectivity index (χ0n) is 8.73. The Morgan fingerprint density at radius 2 is 2.20 bits per heavy atom. The lowest BCUT2D eigenvalue weighted by molar-refractivity contribution is -0.119. The summed E-state index contributed by atoms with van der Waals surface area (Å²) < 4.78 is 0. The highest BCUT2D eigenvalue weighted by molar-refractivity contribution is 8.00. The summed E-state index contributed by atoms with van der Waals surface area (Å²) in [6.07, 6.45) is 3.08. The van der Waals surface area contributed by atoms with Gasteiger partial charge in [-0.25, -0.2) is 9.97 Å². The molecule has 0 aliphatic heterocycles. The second-order valence-electron chi connectivity index (χ2n) is 3.26. The third kappa shape index (κ3) is 4.16. The van der Waals surface area contributed by atoms with Gasteiger partial charge in [0.25, 0.3) is 0 Å². The minimum Gasteiger partial charge on any atom is -0.381 e. The highest BCUT2D eigenvalue weighted by atomic mass is 32.2. The Bertz CT molecular complexity index is 343. The summed E-state index contributed by atoms with van der Waals surface area (Å²) in [6.45, 7) is 3.83. The van der Waals surface area contributed by atoms with Gasteiger partial charge in [-0.3, -0.25) is 4.79 Å². The molecule has 0 atom stereocenters. The number of rotatable bonds is 4. The minimum atomic E-state index is -0.0277. The normalized spacial score (nSPS) is 10.3. The largest absolute Gasteiger partial charge is 0.381 e. The average molecular weight is 226 g/mol. The van der Waals surface area contributed by atoms with Crippen LogP contribution in [0.15, 0.2) is 17.4 Å². The Morgan fingerprint density at radius 3 is 2.80 bits per heavy atom. The van der Waals surface area contributed by atoms with Crippen LogP contribution in [0.25, 0.3) is 0 Å². The molecule has 0 saturated heterocycles. The lowest BCUT2D eigenvalue weighted by Gasteiger charge is -2.07. The fourth-order valence-corrected chi connectivity index (χ4v) is 1.63. The number of nitrogens with two attached hydrogens (primary N) is 1. The van der Waals surface area contributed by atoms with E-state index in [0.29, 0.717) is 16.6 Å². The Labute approximate surface area is 92.9 Å². The molecule has 0 unspecified atom stereocenters. The third-order valence-corrected chi connectivity index (χ3v) is 2.48. The quantitative estimate of drug-likeness (QED) is 0.738. The van der Waals surface area contributed by atoms with Crippen molar-refractivity contribution in [1.82, 2.24) is 15.3 Å². The predicted molar refractivity (Wildman–Crippen MR) is 60.4 cm³/mol. The van der Waals surface area contributed by atoms with Crippen LogP contribution < -0.4 is 11.1 Å². The number of amides is 1. The molecule has 0 aliphatic carbocycles. The summed E-state index contributed by atoms with van der Waals surface area (Å²) >= 11 is 1.29. The summed E-state index contributed by atoms with van der Waals surface area (Å²) in [5.41, 5.74) is 5.58. The number of hydrogen-bond donors (Lipinski definition) is 2. The molecule has 0 bridgehead atoms. The number of thioether (sulfide) groups is 1. The molecule has 1 rings (SSSR count). The van der Waals surface area contributed by atoms with E-state index in [1.165, 1.54) is 18.0 Å². The molecule has 0 saturated carbocycles. The lowest BCUT2D eigenvalue weighted by atomic mass is 10.4. The van der Waals surface area contributed by atoms with Gasteiger partial charge in [0.1, 0.15) is 5.03 Å². The molecule has 0 aliphatic rings. The maximum Gasteiger partial charge on any atom is 0.230 e. The van der Waals surface area contributed by atoms with Crippen molar-refractivity contribution in [1.29, 1.82) is 0 Å². The molecule has 1 heterocycles. The number of aromatic nitrogens is 2. The van der Waals surface area contributed by atoms with Gasteiger partial charge in [-0.2, -0.15) is 0 Å². The molecular formula is C9H14N4OS. The lowest BCUT2D eigenvalue weighted by Crippen LogP contribution is -2.31. The van der Waals surface area contributed by atoms with Gasteiger partial charge in [-0.15, -0.1) is 0 Å². The number of nitrogens with zero attached hydrogens (tertiary/aromatic N) is 2. The molecule has 0 fully saturated rings. The first-order chi connectivity index (χ1) is 7.09. The van der Waals surface area contributed by atoms with Gasteiger partial charge in [0, 0.05) is 18.4 Å². The van der Waals surface area contributed by atoms with Gasteiger partial charge in [-0.05, 0) is 13.8 Å². The molecule has 1 aromatic heterocycles. The van der Waals surface area contributed by atoms with Crippen LogP contribution in [0, 0.1) is 0 Å². The summed E-state index contributed by atoms with van der Waals surface area (Å²) in [6, 6.07) is 0.150. The van der Waals surface area contributed by atoms with E-state index in [0.717, 1.165) is 0 Å². The number of nitrogen functional groups attached to an aromatic ring is 1. The second-order valence-corrected chi connectivity index (χ2v) is 4.22. The van der Waals surface area contributed by atoms with E-state index in [1.54, 1.807) is 6.20 Å². The van der Waals surface area contributed by atoms with Gasteiger partial charge in [0.15, 0.2) is 5.82 Å². The van der Waals surface area contributed by atoms with Crippen LogP contribution in [0.2, 0.25) is 0 Å². The molecule has 3 N–H and O–H groups in total. The maximum absolute atomic E-state index is 11.3. The Morgan fingerprint density at radius 1 is 1.53 bits per heavy atom. The molecule has 82 valence electrons. The molecule has 1 amide bonds. The standard InChI is InChI=1S/C9H14N4OS/c1-6(2)13-7(14)5-15-9-8(10)11-3-4-12-9/h3-4,6H,5H2,1-2H3,(H2,10,11)(H,13,14). The second kappa shape index (κ2) is 5.55. The van der Waals surface area contributed by atoms with Crippen molar-refractivity contribution < 1.29 is 4.79 Å². The van der Waals surface area contributed by atoms with Crippen LogP contribution in [-0.2, 0) is 4.79 Å². The first kappa shape index (κ1) is 11.8. The van der Waals surface area contributed by atoms with Crippen molar-refractivity contribution >= 4 is 23.5 Å². The Hall–Kier alpha value is -1.30. The van der Waals surface area contributed by atoms with Crippen molar-refractivity contribution in [2.24, 2.45) is 0 Å². The van der Waals surface area contributed by atoms with Crippen molar-refractivity contribution in [2.45, 2.75) is 24.9 Å². The van der Waals surface area contributed by atoms with Gasteiger partial charge < -0.3 is 11.1 Å². The van der Waals surface area contributed by atoms with Gasteiger partial charge in [0.2, 0.25) is 5.91 Å². The molecular weight excluding hydrogens is 212 g/mol. The zero-order chi connectivity index (χ0) is 11.3. The molecule has 0 radical (unpaired) electrons. The SMILES string of the molecule is CC(C)NC(=O)CSc1nccnc1N. The van der Waals surface area contributed by atoms with Crippen LogP contribution in [-0.4, -0.2) is 27.7 Å². The van der Waals surface area contributed by atoms with E-state index in [-0.39, 0.29) is 11.9 Å². The van der Waals surface area contributed by atoms with E-state index < -0.39 is 0 Å². The molecule has 5 nitrogen and oxygen atoms in total. The van der Waals surface area contributed by atoms with Crippen LogP contribution >= 0.6 is 11.8 Å². The molecule has 0 spiro atoms. The fourth-order valence-electron chi connectivity index (χ4n) is 0.945. The minimum absolute atomic E-state index is 0.0277. The summed E-state index contributed by atoms with van der Waals surface area (Å²) in [4.78, 5) is 19.2. The van der Waals surface area contributed by atoms with Gasteiger partial charge >= 0.3 is 0 Å². The van der Waals surface area contributed by atoms with E-state index in [9.17, 15) is 4.79 Å². The number of carbonyl (C=O) groups is 1. The van der Waals surface area contributed by atoms with E-state index in [1.807, 2.05) is 13.8 Å². The zero-order valence-corrected chi connectivity index (χ0v) is 9.54. The smallest absolute Gasteiger partial charge is 0.230 e. The highest BCUT2D eigenvalue weighted by Gasteiger charge is 2.07. The average Bonchev–Trinajstić information content (AvgIpc) is 2.15. The topological polar surface area (TPSA) is 80.9 Å². The third-order valence-electron chi connectivity index (χ3n) is 1.48. The van der Waals surface area contributed by atoms with Crippen molar-refractivity contribution in [3.8, 4) is 0 Å². The number of anilines is 1. The highest BCUT2D eigenvalue weighted by Crippen LogP contribution is 2.18. The number of hydrogen-bond acceptors (Lipinski definition) is 5. The van der Waals surface area contributed by atoms with Gasteiger partial charge in [-0.1, -0.05) is 11.8 Å². The summed E-state index contributed by atoms with van der Waals surface area (Å²) in [5.74, 6) is 0.640. The molecule has 6 heteroatoms. The van der Waals surface area contributed by atoms with Crippen molar-refractivity contribution in [2.75, 3.05) is 11.5 Å².